The molecule has 0 unspecified atom stereocenters. The molecule has 6 heteroatoms. The third-order valence-corrected chi connectivity index (χ3v) is 8.26. The summed E-state index contributed by atoms with van der Waals surface area (Å²) in [5, 5.41) is 10.8. The monoisotopic (exact) mass is 502 g/mol. The summed E-state index contributed by atoms with van der Waals surface area (Å²) in [5.74, 6) is -0.163. The van der Waals surface area contributed by atoms with Gasteiger partial charge in [0, 0.05) is 39.6 Å². The first-order chi connectivity index (χ1) is 18.5. The number of Topliss-reactive ketones (excluding diaryl/α,β-unsaturated/α-hetero) is 1. The molecular formula is C32H27FN4O. The molecule has 38 heavy (non-hydrogen) atoms. The molecule has 0 amide bonds. The number of ketones is 1. The van der Waals surface area contributed by atoms with Crippen LogP contribution < -0.4 is 0 Å². The van der Waals surface area contributed by atoms with Crippen molar-refractivity contribution in [2.75, 3.05) is 0 Å². The summed E-state index contributed by atoms with van der Waals surface area (Å²) >= 11 is 0. The van der Waals surface area contributed by atoms with Gasteiger partial charge in [-0.05, 0) is 49.4 Å². The van der Waals surface area contributed by atoms with Gasteiger partial charge in [0.25, 0.3) is 0 Å². The van der Waals surface area contributed by atoms with Gasteiger partial charge in [-0.25, -0.2) is 14.4 Å². The zero-order valence-corrected chi connectivity index (χ0v) is 21.4. The first-order valence-electron chi connectivity index (χ1n) is 13.1. The van der Waals surface area contributed by atoms with E-state index in [9.17, 15) is 10.1 Å². The summed E-state index contributed by atoms with van der Waals surface area (Å²) in [6.07, 6.45) is 6.51. The van der Waals surface area contributed by atoms with Crippen LogP contribution in [0.15, 0.2) is 72.4 Å². The topological polar surface area (TPSA) is 79.5 Å². The number of carbonyl (C=O) groups excluding carboxylic acids is 1. The van der Waals surface area contributed by atoms with E-state index < -0.39 is 5.41 Å². The minimum absolute atomic E-state index is 0.00459. The van der Waals surface area contributed by atoms with Crippen LogP contribution in [0.25, 0.3) is 33.5 Å². The number of nitrogens with zero attached hydrogens (tertiary/aromatic N) is 4. The highest BCUT2D eigenvalue weighted by molar-refractivity contribution is 6.02. The van der Waals surface area contributed by atoms with E-state index in [0.29, 0.717) is 23.5 Å². The molecule has 0 bridgehead atoms. The van der Waals surface area contributed by atoms with Crippen LogP contribution in [0.1, 0.15) is 44.4 Å². The van der Waals surface area contributed by atoms with E-state index in [1.807, 2.05) is 42.5 Å². The number of halogens is 1. The van der Waals surface area contributed by atoms with Crippen LogP contribution in [-0.4, -0.2) is 20.7 Å². The number of hydrogen-bond acceptors (Lipinski definition) is 5. The highest BCUT2D eigenvalue weighted by atomic mass is 19.1. The van der Waals surface area contributed by atoms with E-state index >= 15 is 4.39 Å². The van der Waals surface area contributed by atoms with Gasteiger partial charge in [-0.1, -0.05) is 56.7 Å². The molecule has 5 nitrogen and oxygen atoms in total. The minimum atomic E-state index is -0.660. The molecule has 188 valence electrons. The number of hydrogen-bond donors (Lipinski definition) is 0. The van der Waals surface area contributed by atoms with Crippen LogP contribution in [0.3, 0.4) is 0 Å². The lowest BCUT2D eigenvalue weighted by molar-refractivity contribution is -0.122. The zero-order valence-electron chi connectivity index (χ0n) is 21.4. The molecule has 2 heterocycles. The summed E-state index contributed by atoms with van der Waals surface area (Å²) in [4.78, 5) is 27.9. The zero-order chi connectivity index (χ0) is 26.4. The third kappa shape index (κ3) is 3.65. The van der Waals surface area contributed by atoms with Crippen molar-refractivity contribution in [3.63, 3.8) is 0 Å². The van der Waals surface area contributed by atoms with Gasteiger partial charge in [0.15, 0.2) is 11.6 Å². The molecule has 4 aromatic rings. The number of benzene rings is 2. The van der Waals surface area contributed by atoms with Gasteiger partial charge >= 0.3 is 0 Å². The highest BCUT2D eigenvalue weighted by Crippen LogP contribution is 2.52. The van der Waals surface area contributed by atoms with Gasteiger partial charge in [0.2, 0.25) is 0 Å². The van der Waals surface area contributed by atoms with Crippen molar-refractivity contribution >= 4 is 16.7 Å². The van der Waals surface area contributed by atoms with Crippen molar-refractivity contribution in [1.29, 1.82) is 5.26 Å². The Bertz CT molecular complexity index is 1660. The van der Waals surface area contributed by atoms with Gasteiger partial charge in [-0.2, -0.15) is 5.26 Å². The third-order valence-electron chi connectivity index (χ3n) is 8.26. The Morgan fingerprint density at radius 2 is 1.87 bits per heavy atom. The number of rotatable bonds is 4. The fourth-order valence-corrected chi connectivity index (χ4v) is 6.51. The predicted octanol–water partition coefficient (Wildman–Crippen LogP) is 6.77. The largest absolute Gasteiger partial charge is 0.293 e. The van der Waals surface area contributed by atoms with Crippen LogP contribution >= 0.6 is 0 Å². The molecule has 6 rings (SSSR count). The van der Waals surface area contributed by atoms with Crippen molar-refractivity contribution < 1.29 is 9.18 Å². The molecule has 2 aromatic carbocycles. The summed E-state index contributed by atoms with van der Waals surface area (Å²) in [7, 11) is 0. The second-order valence-corrected chi connectivity index (χ2v) is 10.4. The molecule has 0 aliphatic heterocycles. The number of fused-ring (bicyclic) bond motifs is 4. The van der Waals surface area contributed by atoms with Gasteiger partial charge in [-0.15, -0.1) is 0 Å². The first-order valence-corrected chi connectivity index (χ1v) is 13.1. The van der Waals surface area contributed by atoms with Crippen LogP contribution in [-0.2, 0) is 16.6 Å². The Morgan fingerprint density at radius 3 is 2.66 bits per heavy atom. The van der Waals surface area contributed by atoms with Crippen LogP contribution in [0, 0.1) is 29.0 Å². The maximum absolute atomic E-state index is 15.2. The fourth-order valence-electron chi connectivity index (χ4n) is 6.51. The van der Waals surface area contributed by atoms with Gasteiger partial charge in [0.1, 0.15) is 11.9 Å². The lowest BCUT2D eigenvalue weighted by atomic mass is 9.56. The SMILES string of the molecule is CCC[C@H]1C(=O)C(C#N)=C[C@@]2(C)c3nc(-c4ccnc5ccccc45)nc(-c4ccccc4F)c3CC[C@H]12. The maximum atomic E-state index is 15.2. The molecular weight excluding hydrogens is 475 g/mol. The van der Waals surface area contributed by atoms with Crippen LogP contribution in [0.5, 0.6) is 0 Å². The van der Waals surface area contributed by atoms with Gasteiger partial charge in [0.05, 0.1) is 22.5 Å². The molecule has 0 radical (unpaired) electrons. The van der Waals surface area contributed by atoms with Crippen LogP contribution in [0.4, 0.5) is 4.39 Å². The van der Waals surface area contributed by atoms with Crippen LogP contribution in [0.2, 0.25) is 0 Å². The van der Waals surface area contributed by atoms with Gasteiger partial charge in [-0.3, -0.25) is 9.78 Å². The highest BCUT2D eigenvalue weighted by Gasteiger charge is 2.51. The molecule has 2 aliphatic carbocycles. The van der Waals surface area contributed by atoms with Crippen molar-refractivity contribution in [1.82, 2.24) is 15.0 Å². The number of aromatic nitrogens is 3. The summed E-state index contributed by atoms with van der Waals surface area (Å²) in [6, 6.07) is 18.5. The number of carbonyl (C=O) groups is 1. The second kappa shape index (κ2) is 9.25. The van der Waals surface area contributed by atoms with E-state index in [4.69, 9.17) is 9.97 Å². The first kappa shape index (κ1) is 24.1. The Balaban J connectivity index is 1.68. The number of para-hydroxylation sites is 1. The van der Waals surface area contributed by atoms with E-state index in [1.165, 1.54) is 6.07 Å². The lowest BCUT2D eigenvalue weighted by Crippen LogP contribution is -2.47. The molecule has 0 saturated carbocycles. The Labute approximate surface area is 221 Å². The van der Waals surface area contributed by atoms with Crippen molar-refractivity contribution in [2.24, 2.45) is 11.8 Å². The maximum Gasteiger partial charge on any atom is 0.176 e. The number of pyridine rings is 1. The molecule has 2 aromatic heterocycles. The van der Waals surface area contributed by atoms with E-state index in [-0.39, 0.29) is 29.0 Å². The summed E-state index contributed by atoms with van der Waals surface area (Å²) in [6.45, 7) is 4.14. The molecule has 0 fully saturated rings. The molecule has 0 N–H and O–H groups in total. The second-order valence-electron chi connectivity index (χ2n) is 10.4. The average molecular weight is 503 g/mol. The number of nitriles is 1. The Kier molecular flexibility index (Phi) is 5.87. The minimum Gasteiger partial charge on any atom is -0.293 e. The van der Waals surface area contributed by atoms with E-state index in [2.05, 4.69) is 24.9 Å². The Hall–Kier alpha value is -4.24. The summed E-state index contributed by atoms with van der Waals surface area (Å²) < 4.78 is 15.2. The van der Waals surface area contributed by atoms with Crippen molar-refractivity contribution in [3.05, 3.63) is 89.5 Å². The van der Waals surface area contributed by atoms with Crippen molar-refractivity contribution in [3.8, 4) is 28.7 Å². The normalized spacial score (nSPS) is 22.4. The molecule has 3 atom stereocenters. The standard InChI is InChI=1S/C32H27FN4O/c1-3-8-22-25-14-13-24-28(23-10-4-6-11-26(23)33)36-31(21-15-16-35-27-12-7-5-9-20(21)27)37-30(24)32(25,2)17-19(18-34)29(22)38/h4-7,9-12,15-17,22,25H,3,8,13-14H2,1-2H3/t22-,25-,32-/m1/s1. The van der Waals surface area contributed by atoms with E-state index in [1.54, 1.807) is 18.3 Å². The quantitative estimate of drug-likeness (QED) is 0.308. The predicted molar refractivity (Wildman–Crippen MR) is 144 cm³/mol. The molecule has 0 spiro atoms. The van der Waals surface area contributed by atoms with Crippen molar-refractivity contribution in [2.45, 2.75) is 44.9 Å². The summed E-state index contributed by atoms with van der Waals surface area (Å²) in [5.41, 5.74) is 3.82. The molecule has 2 aliphatic rings. The average Bonchev–Trinajstić information content (AvgIpc) is 2.94. The van der Waals surface area contributed by atoms with Gasteiger partial charge < -0.3 is 0 Å². The van der Waals surface area contributed by atoms with E-state index in [0.717, 1.165) is 47.0 Å². The molecule has 0 saturated heterocycles. The number of allylic oxidation sites excluding steroid dienone is 2. The Morgan fingerprint density at radius 1 is 1.08 bits per heavy atom. The lowest BCUT2D eigenvalue weighted by Gasteiger charge is -2.46. The fraction of sp³-hybridized carbons (Fsp3) is 0.281. The smallest absolute Gasteiger partial charge is 0.176 e.